The highest BCUT2D eigenvalue weighted by Gasteiger charge is 2.37. The van der Waals surface area contributed by atoms with Crippen molar-refractivity contribution in [3.05, 3.63) is 34.9 Å². The Morgan fingerprint density at radius 1 is 1.32 bits per heavy atom. The van der Waals surface area contributed by atoms with Crippen molar-refractivity contribution >= 4 is 11.6 Å². The average Bonchev–Trinajstić information content (AvgIpc) is 2.38. The van der Waals surface area contributed by atoms with Crippen LogP contribution in [-0.2, 0) is 6.42 Å². The van der Waals surface area contributed by atoms with Gasteiger partial charge in [0.25, 0.3) is 0 Å². The Hall–Kier alpha value is -0.670. The maximum absolute atomic E-state index is 13.2. The Morgan fingerprint density at radius 3 is 2.53 bits per heavy atom. The standard InChI is InChI=1S/C15H20ClF2N/c1-19-14(10-12-4-2-3-5-13(12)16)11-6-8-15(17,18)9-7-11/h2-5,11,14,19H,6-10H2,1H3. The van der Waals surface area contributed by atoms with Crippen LogP contribution in [0.3, 0.4) is 0 Å². The van der Waals surface area contributed by atoms with E-state index in [0.717, 1.165) is 17.0 Å². The van der Waals surface area contributed by atoms with Gasteiger partial charge in [-0.3, -0.25) is 0 Å². The first-order valence-electron chi connectivity index (χ1n) is 6.80. The Bertz CT molecular complexity index is 412. The van der Waals surface area contributed by atoms with Gasteiger partial charge in [0.05, 0.1) is 0 Å². The fourth-order valence-corrected chi connectivity index (χ4v) is 3.08. The number of benzene rings is 1. The molecule has 1 aromatic rings. The smallest absolute Gasteiger partial charge is 0.248 e. The molecule has 0 aromatic heterocycles. The summed E-state index contributed by atoms with van der Waals surface area (Å²) in [7, 11) is 1.90. The molecule has 1 saturated carbocycles. The maximum Gasteiger partial charge on any atom is 0.248 e. The number of alkyl halides is 2. The third-order valence-electron chi connectivity index (χ3n) is 4.10. The number of likely N-dealkylation sites (N-methyl/N-ethyl adjacent to an activating group) is 1. The van der Waals surface area contributed by atoms with E-state index in [-0.39, 0.29) is 18.9 Å². The molecule has 1 unspecified atom stereocenters. The molecule has 4 heteroatoms. The second kappa shape index (κ2) is 6.19. The SMILES string of the molecule is CNC(Cc1ccccc1Cl)C1CCC(F)(F)CC1. The van der Waals surface area contributed by atoms with Crippen molar-refractivity contribution in [1.82, 2.24) is 5.32 Å². The summed E-state index contributed by atoms with van der Waals surface area (Å²) in [6, 6.07) is 7.96. The molecule has 106 valence electrons. The highest BCUT2D eigenvalue weighted by atomic mass is 35.5. The van der Waals surface area contributed by atoms with Crippen molar-refractivity contribution in [3.63, 3.8) is 0 Å². The lowest BCUT2D eigenvalue weighted by molar-refractivity contribution is -0.0492. The molecule has 1 atom stereocenters. The van der Waals surface area contributed by atoms with Crippen LogP contribution in [0.25, 0.3) is 0 Å². The fourth-order valence-electron chi connectivity index (χ4n) is 2.87. The predicted octanol–water partition coefficient (Wildman–Crippen LogP) is 4.30. The molecule has 0 heterocycles. The fraction of sp³-hybridized carbons (Fsp3) is 0.600. The first-order chi connectivity index (χ1) is 9.02. The van der Waals surface area contributed by atoms with Gasteiger partial charge in [-0.2, -0.15) is 0 Å². The Labute approximate surface area is 118 Å². The molecular formula is C15H20ClF2N. The molecule has 1 fully saturated rings. The lowest BCUT2D eigenvalue weighted by Gasteiger charge is -2.33. The lowest BCUT2D eigenvalue weighted by atomic mass is 9.80. The van der Waals surface area contributed by atoms with E-state index in [4.69, 9.17) is 11.6 Å². The van der Waals surface area contributed by atoms with Gasteiger partial charge in [0.1, 0.15) is 0 Å². The van der Waals surface area contributed by atoms with Gasteiger partial charge >= 0.3 is 0 Å². The monoisotopic (exact) mass is 287 g/mol. The van der Waals surface area contributed by atoms with E-state index >= 15 is 0 Å². The minimum atomic E-state index is -2.46. The van der Waals surface area contributed by atoms with E-state index in [2.05, 4.69) is 5.32 Å². The Balaban J connectivity index is 1.99. The van der Waals surface area contributed by atoms with Crippen LogP contribution < -0.4 is 5.32 Å². The maximum atomic E-state index is 13.2. The zero-order valence-corrected chi connectivity index (χ0v) is 11.9. The molecular weight excluding hydrogens is 268 g/mol. The zero-order chi connectivity index (χ0) is 13.9. The van der Waals surface area contributed by atoms with Crippen molar-refractivity contribution in [2.24, 2.45) is 5.92 Å². The van der Waals surface area contributed by atoms with Gasteiger partial charge in [0.15, 0.2) is 0 Å². The van der Waals surface area contributed by atoms with E-state index in [1.54, 1.807) is 0 Å². The summed E-state index contributed by atoms with van der Waals surface area (Å²) in [6.07, 6.45) is 2.00. The second-order valence-electron chi connectivity index (χ2n) is 5.38. The molecule has 0 aliphatic heterocycles. The topological polar surface area (TPSA) is 12.0 Å². The minimum absolute atomic E-state index is 0.0123. The van der Waals surface area contributed by atoms with Crippen LogP contribution in [0.2, 0.25) is 5.02 Å². The molecule has 1 aromatic carbocycles. The molecule has 1 aliphatic rings. The summed E-state index contributed by atoms with van der Waals surface area (Å²) >= 11 is 6.16. The van der Waals surface area contributed by atoms with Gasteiger partial charge in [-0.1, -0.05) is 29.8 Å². The number of hydrogen-bond donors (Lipinski definition) is 1. The molecule has 1 N–H and O–H groups in total. The third kappa shape index (κ3) is 3.90. The van der Waals surface area contributed by atoms with E-state index in [1.165, 1.54) is 0 Å². The average molecular weight is 288 g/mol. The van der Waals surface area contributed by atoms with E-state index in [0.29, 0.717) is 18.8 Å². The van der Waals surface area contributed by atoms with Crippen LogP contribution in [0.4, 0.5) is 8.78 Å². The first-order valence-corrected chi connectivity index (χ1v) is 7.18. The molecule has 1 aliphatic carbocycles. The quantitative estimate of drug-likeness (QED) is 0.871. The summed E-state index contributed by atoms with van der Waals surface area (Å²) < 4.78 is 26.4. The van der Waals surface area contributed by atoms with E-state index in [1.807, 2.05) is 31.3 Å². The number of hydrogen-bond acceptors (Lipinski definition) is 1. The van der Waals surface area contributed by atoms with E-state index < -0.39 is 5.92 Å². The number of nitrogens with one attached hydrogen (secondary N) is 1. The van der Waals surface area contributed by atoms with Gasteiger partial charge in [0.2, 0.25) is 5.92 Å². The summed E-state index contributed by atoms with van der Waals surface area (Å²) in [5.74, 6) is -2.15. The number of halogens is 3. The molecule has 19 heavy (non-hydrogen) atoms. The van der Waals surface area contributed by atoms with Crippen molar-refractivity contribution in [2.45, 2.75) is 44.1 Å². The first kappa shape index (κ1) is 14.7. The molecule has 1 nitrogen and oxygen atoms in total. The molecule has 2 rings (SSSR count). The van der Waals surface area contributed by atoms with Gasteiger partial charge in [-0.05, 0) is 43.9 Å². The highest BCUT2D eigenvalue weighted by molar-refractivity contribution is 6.31. The molecule has 0 amide bonds. The largest absolute Gasteiger partial charge is 0.316 e. The van der Waals surface area contributed by atoms with Crippen LogP contribution >= 0.6 is 11.6 Å². The molecule has 0 saturated heterocycles. The van der Waals surface area contributed by atoms with Gasteiger partial charge in [0, 0.05) is 23.9 Å². The summed E-state index contributed by atoms with van der Waals surface area (Å²) in [5.41, 5.74) is 1.08. The van der Waals surface area contributed by atoms with Gasteiger partial charge in [-0.25, -0.2) is 8.78 Å². The van der Waals surface area contributed by atoms with Crippen LogP contribution in [0.1, 0.15) is 31.2 Å². The third-order valence-corrected chi connectivity index (χ3v) is 4.47. The van der Waals surface area contributed by atoms with E-state index in [9.17, 15) is 8.78 Å². The van der Waals surface area contributed by atoms with Crippen LogP contribution in [0.5, 0.6) is 0 Å². The predicted molar refractivity (Wildman–Crippen MR) is 74.9 cm³/mol. The summed E-state index contributed by atoms with van der Waals surface area (Å²) in [5, 5.41) is 4.02. The molecule has 0 radical (unpaired) electrons. The Morgan fingerprint density at radius 2 is 1.95 bits per heavy atom. The molecule has 0 bridgehead atoms. The summed E-state index contributed by atoms with van der Waals surface area (Å²) in [6.45, 7) is 0. The van der Waals surface area contributed by atoms with Crippen molar-refractivity contribution < 1.29 is 8.78 Å². The van der Waals surface area contributed by atoms with Crippen LogP contribution in [-0.4, -0.2) is 19.0 Å². The van der Waals surface area contributed by atoms with Crippen molar-refractivity contribution in [1.29, 1.82) is 0 Å². The Kier molecular flexibility index (Phi) is 4.80. The minimum Gasteiger partial charge on any atom is -0.316 e. The van der Waals surface area contributed by atoms with Crippen molar-refractivity contribution in [2.75, 3.05) is 7.05 Å². The van der Waals surface area contributed by atoms with Gasteiger partial charge < -0.3 is 5.32 Å². The normalized spacial score (nSPS) is 21.3. The van der Waals surface area contributed by atoms with Crippen LogP contribution in [0, 0.1) is 5.92 Å². The number of rotatable bonds is 4. The second-order valence-corrected chi connectivity index (χ2v) is 5.79. The van der Waals surface area contributed by atoms with Gasteiger partial charge in [-0.15, -0.1) is 0 Å². The highest BCUT2D eigenvalue weighted by Crippen LogP contribution is 2.38. The lowest BCUT2D eigenvalue weighted by Crippen LogP contribution is -2.39. The van der Waals surface area contributed by atoms with Crippen molar-refractivity contribution in [3.8, 4) is 0 Å². The summed E-state index contributed by atoms with van der Waals surface area (Å²) in [4.78, 5) is 0. The van der Waals surface area contributed by atoms with Crippen LogP contribution in [0.15, 0.2) is 24.3 Å². The zero-order valence-electron chi connectivity index (χ0n) is 11.1. The molecule has 0 spiro atoms.